The second kappa shape index (κ2) is 6.58. The number of halogens is 1. The number of sulfonamides is 1. The van der Waals surface area contributed by atoms with Crippen molar-refractivity contribution in [2.75, 3.05) is 18.9 Å². The van der Waals surface area contributed by atoms with E-state index in [-0.39, 0.29) is 11.4 Å². The molecule has 0 radical (unpaired) electrons. The molecule has 2 aromatic rings. The number of carbonyl (C=O) groups excluding carboxylic acids is 1. The Morgan fingerprint density at radius 1 is 1.38 bits per heavy atom. The van der Waals surface area contributed by atoms with Crippen LogP contribution in [0.5, 0.6) is 0 Å². The number of nitrogens with zero attached hydrogens (tertiary/aromatic N) is 2. The molecule has 0 spiro atoms. The van der Waals surface area contributed by atoms with Crippen LogP contribution >= 0.6 is 11.3 Å². The normalized spacial score (nSPS) is 14.8. The van der Waals surface area contributed by atoms with Crippen molar-refractivity contribution >= 4 is 32.4 Å². The maximum absolute atomic E-state index is 12.9. The van der Waals surface area contributed by atoms with Gasteiger partial charge < -0.3 is 5.32 Å². The largest absolute Gasteiger partial charge is 0.301 e. The first-order valence-corrected chi connectivity index (χ1v) is 9.65. The molecule has 1 aliphatic carbocycles. The van der Waals surface area contributed by atoms with Gasteiger partial charge in [-0.15, -0.1) is 11.3 Å². The number of amides is 1. The van der Waals surface area contributed by atoms with Gasteiger partial charge in [0.05, 0.1) is 17.1 Å². The van der Waals surface area contributed by atoms with Gasteiger partial charge in [-0.3, -0.25) is 4.79 Å². The lowest BCUT2D eigenvalue weighted by molar-refractivity contribution is -0.116. The fourth-order valence-electron chi connectivity index (χ4n) is 2.14. The first-order chi connectivity index (χ1) is 11.4. The van der Waals surface area contributed by atoms with E-state index in [1.807, 2.05) is 5.38 Å². The molecule has 1 aromatic heterocycles. The number of hydrogen-bond donors (Lipinski definition) is 1. The lowest BCUT2D eigenvalue weighted by atomic mass is 10.3. The molecule has 6 nitrogen and oxygen atoms in total. The summed E-state index contributed by atoms with van der Waals surface area (Å²) in [4.78, 5) is 16.3. The zero-order valence-corrected chi connectivity index (χ0v) is 14.5. The van der Waals surface area contributed by atoms with Crippen molar-refractivity contribution < 1.29 is 17.6 Å². The fourth-order valence-corrected chi connectivity index (χ4v) is 4.08. The number of rotatable bonds is 6. The third-order valence-corrected chi connectivity index (χ3v) is 6.25. The molecule has 0 aliphatic heterocycles. The predicted octanol–water partition coefficient (Wildman–Crippen LogP) is 2.42. The molecule has 0 bridgehead atoms. The van der Waals surface area contributed by atoms with E-state index < -0.39 is 21.7 Å². The highest BCUT2D eigenvalue weighted by Gasteiger charge is 2.27. The van der Waals surface area contributed by atoms with Gasteiger partial charge in [-0.25, -0.2) is 17.8 Å². The van der Waals surface area contributed by atoms with Crippen LogP contribution in [0.15, 0.2) is 34.5 Å². The lowest BCUT2D eigenvalue weighted by Crippen LogP contribution is -2.34. The number of nitrogens with one attached hydrogen (secondary N) is 1. The van der Waals surface area contributed by atoms with Crippen molar-refractivity contribution in [3.05, 3.63) is 41.2 Å². The second-order valence-corrected chi connectivity index (χ2v) is 8.52. The summed E-state index contributed by atoms with van der Waals surface area (Å²) in [6, 6.07) is 4.47. The van der Waals surface area contributed by atoms with E-state index in [0.717, 1.165) is 35.0 Å². The number of anilines is 1. The summed E-state index contributed by atoms with van der Waals surface area (Å²) in [6.45, 7) is -0.349. The van der Waals surface area contributed by atoms with Gasteiger partial charge in [0, 0.05) is 18.3 Å². The van der Waals surface area contributed by atoms with E-state index in [0.29, 0.717) is 11.0 Å². The summed E-state index contributed by atoms with van der Waals surface area (Å²) in [5.74, 6) is -0.502. The topological polar surface area (TPSA) is 79.4 Å². The van der Waals surface area contributed by atoms with Crippen LogP contribution in [0, 0.1) is 5.82 Å². The summed E-state index contributed by atoms with van der Waals surface area (Å²) in [7, 11) is -2.55. The minimum absolute atomic E-state index is 0.0653. The average Bonchev–Trinajstić information content (AvgIpc) is 3.28. The summed E-state index contributed by atoms with van der Waals surface area (Å²) in [5.41, 5.74) is 0.975. The van der Waals surface area contributed by atoms with Gasteiger partial charge in [0.1, 0.15) is 5.82 Å². The van der Waals surface area contributed by atoms with Gasteiger partial charge in [0.15, 0.2) is 5.13 Å². The quantitative estimate of drug-likeness (QED) is 0.848. The molecule has 0 unspecified atom stereocenters. The number of carbonyl (C=O) groups is 1. The van der Waals surface area contributed by atoms with Crippen LogP contribution in [0.2, 0.25) is 0 Å². The van der Waals surface area contributed by atoms with Crippen LogP contribution in [-0.4, -0.2) is 37.2 Å². The molecule has 0 saturated heterocycles. The Balaban J connectivity index is 1.63. The molecule has 1 N–H and O–H groups in total. The minimum atomic E-state index is -3.85. The van der Waals surface area contributed by atoms with Gasteiger partial charge in [0.2, 0.25) is 15.9 Å². The van der Waals surface area contributed by atoms with E-state index >= 15 is 0 Å². The van der Waals surface area contributed by atoms with Gasteiger partial charge in [-0.05, 0) is 37.1 Å². The molecule has 1 amide bonds. The summed E-state index contributed by atoms with van der Waals surface area (Å²) in [5, 5.41) is 4.99. The van der Waals surface area contributed by atoms with Crippen molar-refractivity contribution in [2.45, 2.75) is 23.7 Å². The summed E-state index contributed by atoms with van der Waals surface area (Å²) < 4.78 is 38.5. The van der Waals surface area contributed by atoms with Crippen LogP contribution in [0.3, 0.4) is 0 Å². The van der Waals surface area contributed by atoms with E-state index in [9.17, 15) is 17.6 Å². The van der Waals surface area contributed by atoms with Crippen LogP contribution in [-0.2, 0) is 14.8 Å². The second-order valence-electron chi connectivity index (χ2n) is 5.61. The standard InChI is InChI=1S/C15H16FN3O3S2/c1-19(24(21,22)12-6-4-11(16)5-7-12)8-14(20)18-15-17-13(9-23-15)10-2-3-10/h4-7,9-10H,2-3,8H2,1H3,(H,17,18,20). The van der Waals surface area contributed by atoms with Crippen LogP contribution in [0.1, 0.15) is 24.5 Å². The Morgan fingerprint density at radius 3 is 2.67 bits per heavy atom. The van der Waals surface area contributed by atoms with Crippen molar-refractivity contribution in [1.82, 2.24) is 9.29 Å². The average molecular weight is 369 g/mol. The number of aromatic nitrogens is 1. The highest BCUT2D eigenvalue weighted by Crippen LogP contribution is 2.40. The highest BCUT2D eigenvalue weighted by molar-refractivity contribution is 7.89. The maximum Gasteiger partial charge on any atom is 0.243 e. The van der Waals surface area contributed by atoms with E-state index in [1.54, 1.807) is 0 Å². The molecular weight excluding hydrogens is 353 g/mol. The third-order valence-electron chi connectivity index (χ3n) is 3.65. The van der Waals surface area contributed by atoms with Gasteiger partial charge in [-0.2, -0.15) is 4.31 Å². The fraction of sp³-hybridized carbons (Fsp3) is 0.333. The molecule has 0 atom stereocenters. The van der Waals surface area contributed by atoms with E-state index in [2.05, 4.69) is 10.3 Å². The maximum atomic E-state index is 12.9. The molecule has 3 rings (SSSR count). The number of hydrogen-bond acceptors (Lipinski definition) is 5. The Morgan fingerprint density at radius 2 is 2.04 bits per heavy atom. The molecule has 1 aliphatic rings. The Bertz CT molecular complexity index is 845. The Kier molecular flexibility index (Phi) is 4.66. The van der Waals surface area contributed by atoms with Crippen LogP contribution < -0.4 is 5.32 Å². The molecule has 1 fully saturated rings. The molecule has 1 aromatic carbocycles. The molecular formula is C15H16FN3O3S2. The minimum Gasteiger partial charge on any atom is -0.301 e. The number of benzene rings is 1. The van der Waals surface area contributed by atoms with Crippen LogP contribution in [0.4, 0.5) is 9.52 Å². The molecule has 1 saturated carbocycles. The lowest BCUT2D eigenvalue weighted by Gasteiger charge is -2.16. The first kappa shape index (κ1) is 17.0. The Hall–Kier alpha value is -1.84. The zero-order chi connectivity index (χ0) is 17.3. The molecule has 9 heteroatoms. The van der Waals surface area contributed by atoms with Gasteiger partial charge in [-0.1, -0.05) is 0 Å². The molecule has 24 heavy (non-hydrogen) atoms. The van der Waals surface area contributed by atoms with Crippen molar-refractivity contribution in [3.63, 3.8) is 0 Å². The summed E-state index contributed by atoms with van der Waals surface area (Å²) in [6.07, 6.45) is 2.24. The first-order valence-electron chi connectivity index (χ1n) is 7.33. The summed E-state index contributed by atoms with van der Waals surface area (Å²) >= 11 is 1.33. The third kappa shape index (κ3) is 3.80. The SMILES string of the molecule is CN(CC(=O)Nc1nc(C2CC2)cs1)S(=O)(=O)c1ccc(F)cc1. The monoisotopic (exact) mass is 369 g/mol. The smallest absolute Gasteiger partial charge is 0.243 e. The van der Waals surface area contributed by atoms with Crippen molar-refractivity contribution in [3.8, 4) is 0 Å². The van der Waals surface area contributed by atoms with Crippen LogP contribution in [0.25, 0.3) is 0 Å². The van der Waals surface area contributed by atoms with Gasteiger partial charge >= 0.3 is 0 Å². The van der Waals surface area contributed by atoms with E-state index in [1.165, 1.54) is 30.5 Å². The predicted molar refractivity (Wildman–Crippen MR) is 88.9 cm³/mol. The highest BCUT2D eigenvalue weighted by atomic mass is 32.2. The van der Waals surface area contributed by atoms with Gasteiger partial charge in [0.25, 0.3) is 0 Å². The van der Waals surface area contributed by atoms with Crippen molar-refractivity contribution in [1.29, 1.82) is 0 Å². The molecule has 1 heterocycles. The number of likely N-dealkylation sites (N-methyl/N-ethyl adjacent to an activating group) is 1. The van der Waals surface area contributed by atoms with E-state index in [4.69, 9.17) is 0 Å². The Labute approximate surface area is 143 Å². The molecule has 128 valence electrons. The van der Waals surface area contributed by atoms with Crippen molar-refractivity contribution in [2.24, 2.45) is 0 Å². The zero-order valence-electron chi connectivity index (χ0n) is 12.9. The number of thiazole rings is 1.